The molecule has 19 heavy (non-hydrogen) atoms. The van der Waals surface area contributed by atoms with Gasteiger partial charge in [-0.1, -0.05) is 33.6 Å². The zero-order valence-electron chi connectivity index (χ0n) is 12.9. The maximum absolute atomic E-state index is 12.0. The summed E-state index contributed by atoms with van der Waals surface area (Å²) >= 11 is 0. The molecule has 1 aliphatic rings. The first kappa shape index (κ1) is 16.5. The highest BCUT2D eigenvalue weighted by Crippen LogP contribution is 2.41. The monoisotopic (exact) mass is 270 g/mol. The van der Waals surface area contributed by atoms with Gasteiger partial charge in [0, 0.05) is 0 Å². The van der Waals surface area contributed by atoms with Crippen molar-refractivity contribution in [2.24, 2.45) is 17.8 Å². The zero-order chi connectivity index (χ0) is 14.5. The summed E-state index contributed by atoms with van der Waals surface area (Å²) in [4.78, 5) is 12.0. The molecule has 0 heterocycles. The Hall–Kier alpha value is -0.570. The largest absolute Gasteiger partial charge is 0.466 e. The number of ether oxygens (including phenoxy) is 1. The maximum Gasteiger partial charge on any atom is 0.311 e. The van der Waals surface area contributed by atoms with Gasteiger partial charge in [0.05, 0.1) is 18.1 Å². The zero-order valence-corrected chi connectivity index (χ0v) is 12.9. The van der Waals surface area contributed by atoms with Gasteiger partial charge in [-0.25, -0.2) is 0 Å². The SMILES string of the molecule is CCOC(=O)C(CC)C1(O)CCCC(CC(C)C)C1. The Morgan fingerprint density at radius 3 is 2.63 bits per heavy atom. The Morgan fingerprint density at radius 1 is 1.42 bits per heavy atom. The van der Waals surface area contributed by atoms with Gasteiger partial charge in [0.15, 0.2) is 0 Å². The molecule has 3 atom stereocenters. The fourth-order valence-electron chi connectivity index (χ4n) is 3.59. The highest BCUT2D eigenvalue weighted by Gasteiger charge is 2.44. The van der Waals surface area contributed by atoms with Crippen molar-refractivity contribution in [2.75, 3.05) is 6.61 Å². The molecule has 1 rings (SSSR count). The van der Waals surface area contributed by atoms with E-state index < -0.39 is 5.60 Å². The van der Waals surface area contributed by atoms with E-state index in [0.717, 1.165) is 25.7 Å². The third-order valence-electron chi connectivity index (χ3n) is 4.30. The molecule has 0 spiro atoms. The number of rotatable bonds is 6. The van der Waals surface area contributed by atoms with E-state index in [1.165, 1.54) is 6.42 Å². The average Bonchev–Trinajstić information content (AvgIpc) is 2.28. The van der Waals surface area contributed by atoms with Gasteiger partial charge in [-0.05, 0) is 44.4 Å². The van der Waals surface area contributed by atoms with Gasteiger partial charge in [0.25, 0.3) is 0 Å². The van der Waals surface area contributed by atoms with E-state index in [0.29, 0.717) is 24.9 Å². The second-order valence-corrected chi connectivity index (χ2v) is 6.41. The number of esters is 1. The third-order valence-corrected chi connectivity index (χ3v) is 4.30. The molecule has 0 bridgehead atoms. The summed E-state index contributed by atoms with van der Waals surface area (Å²) in [7, 11) is 0. The van der Waals surface area contributed by atoms with Crippen LogP contribution >= 0.6 is 0 Å². The van der Waals surface area contributed by atoms with Crippen LogP contribution in [0.5, 0.6) is 0 Å². The average molecular weight is 270 g/mol. The Bertz CT molecular complexity index is 288. The molecule has 1 N–H and O–H groups in total. The van der Waals surface area contributed by atoms with Crippen LogP contribution in [0.3, 0.4) is 0 Å². The van der Waals surface area contributed by atoms with Crippen LogP contribution in [0.15, 0.2) is 0 Å². The summed E-state index contributed by atoms with van der Waals surface area (Å²) in [6.45, 7) is 8.61. The quantitative estimate of drug-likeness (QED) is 0.751. The molecule has 1 aliphatic carbocycles. The summed E-state index contributed by atoms with van der Waals surface area (Å²) in [5, 5.41) is 10.9. The van der Waals surface area contributed by atoms with Crippen molar-refractivity contribution in [3.63, 3.8) is 0 Å². The van der Waals surface area contributed by atoms with Gasteiger partial charge in [-0.2, -0.15) is 0 Å². The van der Waals surface area contributed by atoms with Crippen LogP contribution < -0.4 is 0 Å². The van der Waals surface area contributed by atoms with Crippen molar-refractivity contribution in [3.05, 3.63) is 0 Å². The van der Waals surface area contributed by atoms with Gasteiger partial charge >= 0.3 is 5.97 Å². The molecule has 1 saturated carbocycles. The number of hydrogen-bond donors (Lipinski definition) is 1. The van der Waals surface area contributed by atoms with Crippen molar-refractivity contribution in [1.82, 2.24) is 0 Å². The summed E-state index contributed by atoms with van der Waals surface area (Å²) in [6, 6.07) is 0. The Balaban J connectivity index is 2.73. The van der Waals surface area contributed by atoms with Crippen LogP contribution in [-0.2, 0) is 9.53 Å². The van der Waals surface area contributed by atoms with Gasteiger partial charge in [0.1, 0.15) is 0 Å². The van der Waals surface area contributed by atoms with E-state index in [1.807, 2.05) is 13.8 Å². The topological polar surface area (TPSA) is 46.5 Å². The van der Waals surface area contributed by atoms with Crippen molar-refractivity contribution in [3.8, 4) is 0 Å². The second kappa shape index (κ2) is 7.28. The summed E-state index contributed by atoms with van der Waals surface area (Å²) in [5.41, 5.74) is -0.848. The molecule has 0 amide bonds. The fraction of sp³-hybridized carbons (Fsp3) is 0.938. The highest BCUT2D eigenvalue weighted by molar-refractivity contribution is 5.73. The van der Waals surface area contributed by atoms with E-state index >= 15 is 0 Å². The third kappa shape index (κ3) is 4.48. The molecular formula is C16H30O3. The minimum absolute atomic E-state index is 0.224. The van der Waals surface area contributed by atoms with Crippen LogP contribution in [-0.4, -0.2) is 23.3 Å². The molecule has 0 aromatic carbocycles. The lowest BCUT2D eigenvalue weighted by Crippen LogP contribution is -2.46. The summed E-state index contributed by atoms with van der Waals surface area (Å²) in [6.07, 6.45) is 5.48. The van der Waals surface area contributed by atoms with E-state index in [1.54, 1.807) is 0 Å². The van der Waals surface area contributed by atoms with Crippen LogP contribution in [0.25, 0.3) is 0 Å². The fourth-order valence-corrected chi connectivity index (χ4v) is 3.59. The van der Waals surface area contributed by atoms with Gasteiger partial charge in [-0.3, -0.25) is 4.79 Å². The van der Waals surface area contributed by atoms with Crippen LogP contribution in [0.4, 0.5) is 0 Å². The minimum Gasteiger partial charge on any atom is -0.466 e. The normalized spacial score (nSPS) is 29.3. The second-order valence-electron chi connectivity index (χ2n) is 6.41. The molecule has 112 valence electrons. The molecule has 0 radical (unpaired) electrons. The minimum atomic E-state index is -0.848. The van der Waals surface area contributed by atoms with Crippen molar-refractivity contribution < 1.29 is 14.6 Å². The number of hydrogen-bond acceptors (Lipinski definition) is 3. The van der Waals surface area contributed by atoms with Crippen molar-refractivity contribution in [1.29, 1.82) is 0 Å². The first-order chi connectivity index (χ1) is 8.92. The molecule has 3 unspecified atom stereocenters. The molecule has 1 fully saturated rings. The van der Waals surface area contributed by atoms with E-state index in [4.69, 9.17) is 4.74 Å². The molecular weight excluding hydrogens is 240 g/mol. The number of aliphatic hydroxyl groups is 1. The Labute approximate surface area is 117 Å². The van der Waals surface area contributed by atoms with Gasteiger partial charge in [-0.15, -0.1) is 0 Å². The first-order valence-electron chi connectivity index (χ1n) is 7.82. The lowest BCUT2D eigenvalue weighted by atomic mass is 9.69. The van der Waals surface area contributed by atoms with Gasteiger partial charge < -0.3 is 9.84 Å². The number of carbonyl (C=O) groups excluding carboxylic acids is 1. The van der Waals surface area contributed by atoms with Crippen LogP contribution in [0.2, 0.25) is 0 Å². The lowest BCUT2D eigenvalue weighted by Gasteiger charge is -2.41. The van der Waals surface area contributed by atoms with Crippen LogP contribution in [0.1, 0.15) is 66.2 Å². The lowest BCUT2D eigenvalue weighted by molar-refractivity contribution is -0.163. The van der Waals surface area contributed by atoms with Crippen molar-refractivity contribution in [2.45, 2.75) is 71.8 Å². The molecule has 0 saturated heterocycles. The summed E-state index contributed by atoms with van der Waals surface area (Å²) < 4.78 is 5.13. The summed E-state index contributed by atoms with van der Waals surface area (Å²) in [5.74, 6) is 0.609. The van der Waals surface area contributed by atoms with Crippen molar-refractivity contribution >= 4 is 5.97 Å². The highest BCUT2D eigenvalue weighted by atomic mass is 16.5. The van der Waals surface area contributed by atoms with Crippen LogP contribution in [0, 0.1) is 17.8 Å². The number of carbonyl (C=O) groups is 1. The molecule has 3 nitrogen and oxygen atoms in total. The molecule has 0 aliphatic heterocycles. The standard InChI is InChI=1S/C16H30O3/c1-5-14(15(17)19-6-2)16(18)9-7-8-13(11-16)10-12(3)4/h12-14,18H,5-11H2,1-4H3. The predicted molar refractivity (Wildman–Crippen MR) is 76.8 cm³/mol. The van der Waals surface area contributed by atoms with E-state index in [9.17, 15) is 9.90 Å². The smallest absolute Gasteiger partial charge is 0.311 e. The first-order valence-corrected chi connectivity index (χ1v) is 7.82. The van der Waals surface area contributed by atoms with E-state index in [2.05, 4.69) is 13.8 Å². The molecule has 3 heteroatoms. The van der Waals surface area contributed by atoms with Gasteiger partial charge in [0.2, 0.25) is 0 Å². The molecule has 0 aromatic rings. The Morgan fingerprint density at radius 2 is 2.11 bits per heavy atom. The van der Waals surface area contributed by atoms with E-state index in [-0.39, 0.29) is 11.9 Å². The predicted octanol–water partition coefficient (Wildman–Crippen LogP) is 3.54. The molecule has 0 aromatic heterocycles. The Kier molecular flexibility index (Phi) is 6.31. The maximum atomic E-state index is 12.0.